The summed E-state index contributed by atoms with van der Waals surface area (Å²) in [5, 5.41) is 7.46. The first-order valence-electron chi connectivity index (χ1n) is 9.96. The van der Waals surface area contributed by atoms with Crippen molar-refractivity contribution in [2.24, 2.45) is 5.92 Å². The third-order valence-electron chi connectivity index (χ3n) is 6.08. The lowest BCUT2D eigenvalue weighted by Gasteiger charge is -2.44. The molecule has 0 radical (unpaired) electrons. The van der Waals surface area contributed by atoms with Crippen LogP contribution in [-0.2, 0) is 0 Å². The molecule has 2 unspecified atom stereocenters. The summed E-state index contributed by atoms with van der Waals surface area (Å²) in [6.45, 7) is 5.01. The van der Waals surface area contributed by atoms with E-state index in [1.807, 2.05) is 6.92 Å². The first kappa shape index (κ1) is 18.2. The van der Waals surface area contributed by atoms with E-state index >= 15 is 0 Å². The van der Waals surface area contributed by atoms with Gasteiger partial charge >= 0.3 is 0 Å². The Balaban J connectivity index is 1.42. The average Bonchev–Trinajstić information content (AvgIpc) is 3.08. The molecule has 1 amide bonds. The predicted molar refractivity (Wildman–Crippen MR) is 103 cm³/mol. The Bertz CT molecular complexity index is 799. The Labute approximate surface area is 159 Å². The maximum Gasteiger partial charge on any atom is 0.254 e. The van der Waals surface area contributed by atoms with Gasteiger partial charge in [-0.15, -0.1) is 0 Å². The van der Waals surface area contributed by atoms with E-state index in [9.17, 15) is 9.18 Å². The second-order valence-corrected chi connectivity index (χ2v) is 7.74. The summed E-state index contributed by atoms with van der Waals surface area (Å²) in [6.07, 6.45) is 7.87. The van der Waals surface area contributed by atoms with Crippen LogP contribution in [0, 0.1) is 18.7 Å². The van der Waals surface area contributed by atoms with Gasteiger partial charge in [0.2, 0.25) is 0 Å². The summed E-state index contributed by atoms with van der Waals surface area (Å²) in [5.74, 6) is 0.176. The SMILES string of the molecule is Cc1c(C(=O)NCC2CCCN3CCCCC23)cnn1-c1ccc(F)cc1. The molecule has 0 bridgehead atoms. The van der Waals surface area contributed by atoms with E-state index in [1.165, 1.54) is 57.3 Å². The van der Waals surface area contributed by atoms with Gasteiger partial charge in [-0.1, -0.05) is 6.42 Å². The lowest BCUT2D eigenvalue weighted by Crippen LogP contribution is -2.51. The van der Waals surface area contributed by atoms with Crippen LogP contribution in [0.15, 0.2) is 30.5 Å². The van der Waals surface area contributed by atoms with Gasteiger partial charge in [-0.25, -0.2) is 9.07 Å². The van der Waals surface area contributed by atoms with Gasteiger partial charge in [0.1, 0.15) is 5.82 Å². The van der Waals surface area contributed by atoms with Crippen LogP contribution in [-0.4, -0.2) is 46.3 Å². The number of carbonyl (C=O) groups is 1. The van der Waals surface area contributed by atoms with Crippen LogP contribution in [0.5, 0.6) is 0 Å². The average molecular weight is 370 g/mol. The van der Waals surface area contributed by atoms with Crippen molar-refractivity contribution in [3.8, 4) is 5.69 Å². The molecule has 3 heterocycles. The molecular formula is C21H27FN4O. The summed E-state index contributed by atoms with van der Waals surface area (Å²) < 4.78 is 14.8. The largest absolute Gasteiger partial charge is 0.352 e. The topological polar surface area (TPSA) is 50.2 Å². The molecule has 2 fully saturated rings. The highest BCUT2D eigenvalue weighted by Gasteiger charge is 2.33. The smallest absolute Gasteiger partial charge is 0.254 e. The highest BCUT2D eigenvalue weighted by atomic mass is 19.1. The third-order valence-corrected chi connectivity index (χ3v) is 6.08. The Kier molecular flexibility index (Phi) is 5.25. The molecule has 5 nitrogen and oxygen atoms in total. The monoisotopic (exact) mass is 370 g/mol. The summed E-state index contributed by atoms with van der Waals surface area (Å²) in [6, 6.07) is 6.74. The van der Waals surface area contributed by atoms with Crippen LogP contribution in [0.3, 0.4) is 0 Å². The fourth-order valence-corrected chi connectivity index (χ4v) is 4.61. The number of piperidine rings is 2. The molecule has 1 N–H and O–H groups in total. The number of nitrogens with one attached hydrogen (secondary N) is 1. The van der Waals surface area contributed by atoms with E-state index in [2.05, 4.69) is 15.3 Å². The molecule has 0 spiro atoms. The number of carbonyl (C=O) groups excluding carboxylic acids is 1. The molecule has 4 rings (SSSR count). The fourth-order valence-electron chi connectivity index (χ4n) is 4.61. The van der Waals surface area contributed by atoms with Crippen LogP contribution < -0.4 is 5.32 Å². The minimum absolute atomic E-state index is 0.0752. The highest BCUT2D eigenvalue weighted by Crippen LogP contribution is 2.30. The van der Waals surface area contributed by atoms with Gasteiger partial charge in [-0.3, -0.25) is 4.79 Å². The zero-order valence-electron chi connectivity index (χ0n) is 15.8. The molecule has 1 aromatic heterocycles. The van der Waals surface area contributed by atoms with Crippen LogP contribution in [0.1, 0.15) is 48.2 Å². The van der Waals surface area contributed by atoms with Gasteiger partial charge < -0.3 is 10.2 Å². The Morgan fingerprint density at radius 1 is 1.19 bits per heavy atom. The number of hydrogen-bond acceptors (Lipinski definition) is 3. The number of hydrogen-bond donors (Lipinski definition) is 1. The van der Waals surface area contributed by atoms with Crippen molar-refractivity contribution in [1.82, 2.24) is 20.0 Å². The molecular weight excluding hydrogens is 343 g/mol. The lowest BCUT2D eigenvalue weighted by molar-refractivity contribution is 0.0575. The van der Waals surface area contributed by atoms with E-state index in [1.54, 1.807) is 23.0 Å². The van der Waals surface area contributed by atoms with Gasteiger partial charge in [0.15, 0.2) is 0 Å². The van der Waals surface area contributed by atoms with Crippen LogP contribution in [0.4, 0.5) is 4.39 Å². The van der Waals surface area contributed by atoms with Gasteiger partial charge in [0.25, 0.3) is 5.91 Å². The van der Waals surface area contributed by atoms with Crippen molar-refractivity contribution in [1.29, 1.82) is 0 Å². The molecule has 2 saturated heterocycles. The number of halogens is 1. The van der Waals surface area contributed by atoms with E-state index in [-0.39, 0.29) is 11.7 Å². The molecule has 0 saturated carbocycles. The molecule has 0 aliphatic carbocycles. The molecule has 2 aromatic rings. The minimum atomic E-state index is -0.286. The van der Waals surface area contributed by atoms with Gasteiger partial charge in [0.05, 0.1) is 23.1 Å². The van der Waals surface area contributed by atoms with Gasteiger partial charge in [-0.2, -0.15) is 5.10 Å². The molecule has 6 heteroatoms. The van der Waals surface area contributed by atoms with Crippen molar-refractivity contribution in [2.45, 2.75) is 45.1 Å². The standard InChI is InChI=1S/C21H27FN4O/c1-15-19(14-24-26(15)18-9-7-17(22)8-10-18)21(27)23-13-16-5-4-12-25-11-3-2-6-20(16)25/h7-10,14,16,20H,2-6,11-13H2,1H3,(H,23,27). The summed E-state index contributed by atoms with van der Waals surface area (Å²) in [5.41, 5.74) is 2.09. The highest BCUT2D eigenvalue weighted by molar-refractivity contribution is 5.95. The van der Waals surface area contributed by atoms with Crippen molar-refractivity contribution >= 4 is 5.91 Å². The molecule has 144 valence electrons. The van der Waals surface area contributed by atoms with Gasteiger partial charge in [0, 0.05) is 12.6 Å². The summed E-state index contributed by atoms with van der Waals surface area (Å²) >= 11 is 0. The molecule has 2 aliphatic heterocycles. The van der Waals surface area contributed by atoms with Crippen molar-refractivity contribution < 1.29 is 9.18 Å². The molecule has 1 aromatic carbocycles. The Hall–Kier alpha value is -2.21. The van der Waals surface area contributed by atoms with Crippen LogP contribution >= 0.6 is 0 Å². The minimum Gasteiger partial charge on any atom is -0.352 e. The van der Waals surface area contributed by atoms with Crippen LogP contribution in [0.25, 0.3) is 5.69 Å². The number of fused-ring (bicyclic) bond motifs is 1. The predicted octanol–water partition coefficient (Wildman–Crippen LogP) is 3.31. The van der Waals surface area contributed by atoms with E-state index in [4.69, 9.17) is 0 Å². The second kappa shape index (κ2) is 7.80. The van der Waals surface area contributed by atoms with Gasteiger partial charge in [-0.05, 0) is 75.9 Å². The van der Waals surface area contributed by atoms with Crippen molar-refractivity contribution in [3.63, 3.8) is 0 Å². The third kappa shape index (κ3) is 3.76. The van der Waals surface area contributed by atoms with Crippen molar-refractivity contribution in [2.75, 3.05) is 19.6 Å². The first-order chi connectivity index (χ1) is 13.1. The van der Waals surface area contributed by atoms with E-state index in [0.29, 0.717) is 17.5 Å². The normalized spacial score (nSPS) is 23.0. The summed E-state index contributed by atoms with van der Waals surface area (Å²) in [4.78, 5) is 15.3. The second-order valence-electron chi connectivity index (χ2n) is 7.74. The first-order valence-corrected chi connectivity index (χ1v) is 9.96. The zero-order chi connectivity index (χ0) is 18.8. The molecule has 2 aliphatic rings. The Morgan fingerprint density at radius 3 is 2.78 bits per heavy atom. The maximum atomic E-state index is 13.1. The number of benzene rings is 1. The zero-order valence-corrected chi connectivity index (χ0v) is 15.8. The maximum absolute atomic E-state index is 13.1. The number of aromatic nitrogens is 2. The number of rotatable bonds is 4. The van der Waals surface area contributed by atoms with E-state index < -0.39 is 0 Å². The number of nitrogens with zero attached hydrogens (tertiary/aromatic N) is 3. The van der Waals surface area contributed by atoms with Crippen molar-refractivity contribution in [3.05, 3.63) is 47.5 Å². The molecule has 2 atom stereocenters. The van der Waals surface area contributed by atoms with E-state index in [0.717, 1.165) is 17.9 Å². The fraction of sp³-hybridized carbons (Fsp3) is 0.524. The lowest BCUT2D eigenvalue weighted by atomic mass is 9.83. The van der Waals surface area contributed by atoms with Crippen LogP contribution in [0.2, 0.25) is 0 Å². The summed E-state index contributed by atoms with van der Waals surface area (Å²) in [7, 11) is 0. The molecule has 27 heavy (non-hydrogen) atoms. The quantitative estimate of drug-likeness (QED) is 0.898. The number of amides is 1. The Morgan fingerprint density at radius 2 is 1.96 bits per heavy atom.